The highest BCUT2D eigenvalue weighted by Crippen LogP contribution is 2.25. The first-order chi connectivity index (χ1) is 8.66. The minimum atomic E-state index is -0.882. The van der Waals surface area contributed by atoms with Crippen molar-refractivity contribution in [1.29, 1.82) is 0 Å². The molecule has 0 saturated carbocycles. The lowest BCUT2D eigenvalue weighted by Gasteiger charge is -2.21. The minimum Gasteiger partial charge on any atom is -0.480 e. The SMILES string of the molecule is CN(CC(=O)O)c1ccc(C2CCOCC2)nn1. The summed E-state index contributed by atoms with van der Waals surface area (Å²) in [6.07, 6.45) is 1.94. The summed E-state index contributed by atoms with van der Waals surface area (Å²) in [5.41, 5.74) is 0.964. The normalized spacial score (nSPS) is 16.5. The smallest absolute Gasteiger partial charge is 0.323 e. The van der Waals surface area contributed by atoms with Crippen molar-refractivity contribution >= 4 is 11.8 Å². The molecule has 2 heterocycles. The van der Waals surface area contributed by atoms with Gasteiger partial charge in [0.15, 0.2) is 5.82 Å². The highest BCUT2D eigenvalue weighted by Gasteiger charge is 2.18. The highest BCUT2D eigenvalue weighted by molar-refractivity contribution is 5.72. The molecular formula is C12H17N3O3. The van der Waals surface area contributed by atoms with Crippen LogP contribution in [0.3, 0.4) is 0 Å². The average molecular weight is 251 g/mol. The van der Waals surface area contributed by atoms with Gasteiger partial charge in [-0.2, -0.15) is 5.10 Å². The maximum atomic E-state index is 10.6. The number of rotatable bonds is 4. The first kappa shape index (κ1) is 12.8. The Labute approximate surface area is 106 Å². The fourth-order valence-corrected chi connectivity index (χ4v) is 2.03. The zero-order valence-corrected chi connectivity index (χ0v) is 10.4. The molecule has 6 nitrogen and oxygen atoms in total. The van der Waals surface area contributed by atoms with E-state index in [4.69, 9.17) is 9.84 Å². The Hall–Kier alpha value is -1.69. The summed E-state index contributed by atoms with van der Waals surface area (Å²) < 4.78 is 5.31. The Morgan fingerprint density at radius 2 is 2.17 bits per heavy atom. The average Bonchev–Trinajstić information content (AvgIpc) is 2.39. The van der Waals surface area contributed by atoms with E-state index in [1.807, 2.05) is 12.1 Å². The molecule has 1 aliphatic rings. The van der Waals surface area contributed by atoms with E-state index in [2.05, 4.69) is 10.2 Å². The molecule has 98 valence electrons. The van der Waals surface area contributed by atoms with E-state index in [9.17, 15) is 4.79 Å². The van der Waals surface area contributed by atoms with Gasteiger partial charge in [-0.25, -0.2) is 0 Å². The number of anilines is 1. The molecule has 1 aliphatic heterocycles. The fraction of sp³-hybridized carbons (Fsp3) is 0.583. The number of aliphatic carboxylic acids is 1. The van der Waals surface area contributed by atoms with Gasteiger partial charge in [-0.3, -0.25) is 4.79 Å². The number of aromatic nitrogens is 2. The number of hydrogen-bond donors (Lipinski definition) is 1. The molecule has 18 heavy (non-hydrogen) atoms. The Bertz CT molecular complexity index is 402. The van der Waals surface area contributed by atoms with E-state index in [1.54, 1.807) is 11.9 Å². The van der Waals surface area contributed by atoms with Gasteiger partial charge in [0.1, 0.15) is 6.54 Å². The third-order valence-corrected chi connectivity index (χ3v) is 3.07. The van der Waals surface area contributed by atoms with Crippen LogP contribution in [0.5, 0.6) is 0 Å². The topological polar surface area (TPSA) is 75.6 Å². The number of carboxylic acid groups (broad SMARTS) is 1. The predicted octanol–water partition coefficient (Wildman–Crippen LogP) is 0.891. The van der Waals surface area contributed by atoms with Crippen LogP contribution in [0, 0.1) is 0 Å². The van der Waals surface area contributed by atoms with Crippen molar-refractivity contribution in [3.05, 3.63) is 17.8 Å². The number of hydrogen-bond acceptors (Lipinski definition) is 5. The Balaban J connectivity index is 2.02. The van der Waals surface area contributed by atoms with Gasteiger partial charge in [-0.15, -0.1) is 5.10 Å². The van der Waals surface area contributed by atoms with Crippen LogP contribution in [-0.2, 0) is 9.53 Å². The lowest BCUT2D eigenvalue weighted by atomic mass is 9.96. The van der Waals surface area contributed by atoms with Crippen molar-refractivity contribution < 1.29 is 14.6 Å². The van der Waals surface area contributed by atoms with Crippen molar-refractivity contribution in [3.63, 3.8) is 0 Å². The molecule has 6 heteroatoms. The number of carbonyl (C=O) groups is 1. The Kier molecular flexibility index (Phi) is 4.09. The molecule has 1 saturated heterocycles. The van der Waals surface area contributed by atoms with E-state index < -0.39 is 5.97 Å². The van der Waals surface area contributed by atoms with Crippen LogP contribution < -0.4 is 4.90 Å². The third kappa shape index (κ3) is 3.16. The van der Waals surface area contributed by atoms with Crippen molar-refractivity contribution in [2.45, 2.75) is 18.8 Å². The second kappa shape index (κ2) is 5.77. The van der Waals surface area contributed by atoms with E-state index in [1.165, 1.54) is 0 Å². The quantitative estimate of drug-likeness (QED) is 0.856. The van der Waals surface area contributed by atoms with Crippen LogP contribution in [0.1, 0.15) is 24.5 Å². The van der Waals surface area contributed by atoms with Gasteiger partial charge in [-0.05, 0) is 25.0 Å². The van der Waals surface area contributed by atoms with Gasteiger partial charge in [0.05, 0.1) is 5.69 Å². The largest absolute Gasteiger partial charge is 0.480 e. The summed E-state index contributed by atoms with van der Waals surface area (Å²) in [5.74, 6) is 0.103. The Morgan fingerprint density at radius 1 is 1.44 bits per heavy atom. The van der Waals surface area contributed by atoms with Crippen molar-refractivity contribution in [2.24, 2.45) is 0 Å². The highest BCUT2D eigenvalue weighted by atomic mass is 16.5. The summed E-state index contributed by atoms with van der Waals surface area (Å²) in [7, 11) is 1.69. The zero-order valence-electron chi connectivity index (χ0n) is 10.4. The molecule has 0 bridgehead atoms. The Morgan fingerprint density at radius 3 is 2.72 bits per heavy atom. The third-order valence-electron chi connectivity index (χ3n) is 3.07. The van der Waals surface area contributed by atoms with Crippen LogP contribution in [0.25, 0.3) is 0 Å². The van der Waals surface area contributed by atoms with Crippen LogP contribution in [0.2, 0.25) is 0 Å². The molecule has 1 fully saturated rings. The molecule has 1 aromatic heterocycles. The minimum absolute atomic E-state index is 0.0781. The maximum Gasteiger partial charge on any atom is 0.323 e. The van der Waals surface area contributed by atoms with Gasteiger partial charge in [0.2, 0.25) is 0 Å². The lowest BCUT2D eigenvalue weighted by Crippen LogP contribution is -2.26. The van der Waals surface area contributed by atoms with Gasteiger partial charge in [-0.1, -0.05) is 0 Å². The summed E-state index contributed by atoms with van der Waals surface area (Å²) in [5, 5.41) is 17.0. The molecule has 0 spiro atoms. The van der Waals surface area contributed by atoms with E-state index in [-0.39, 0.29) is 6.54 Å². The number of nitrogens with zero attached hydrogens (tertiary/aromatic N) is 3. The van der Waals surface area contributed by atoms with Gasteiger partial charge < -0.3 is 14.7 Å². The van der Waals surface area contributed by atoms with Crippen molar-refractivity contribution in [2.75, 3.05) is 31.7 Å². The van der Waals surface area contributed by atoms with E-state index in [0.29, 0.717) is 11.7 Å². The summed E-state index contributed by atoms with van der Waals surface area (Å²) >= 11 is 0. The standard InChI is InChI=1S/C12H17N3O3/c1-15(8-12(16)17)11-3-2-10(13-14-11)9-4-6-18-7-5-9/h2-3,9H,4-8H2,1H3,(H,16,17). The fourth-order valence-electron chi connectivity index (χ4n) is 2.03. The molecule has 0 aromatic carbocycles. The summed E-state index contributed by atoms with van der Waals surface area (Å²) in [4.78, 5) is 12.2. The van der Waals surface area contributed by atoms with Crippen molar-refractivity contribution in [3.8, 4) is 0 Å². The molecule has 1 N–H and O–H groups in total. The van der Waals surface area contributed by atoms with Gasteiger partial charge in [0, 0.05) is 26.2 Å². The summed E-state index contributed by atoms with van der Waals surface area (Å²) in [6, 6.07) is 3.75. The molecule has 0 aliphatic carbocycles. The van der Waals surface area contributed by atoms with Crippen molar-refractivity contribution in [1.82, 2.24) is 10.2 Å². The zero-order chi connectivity index (χ0) is 13.0. The van der Waals surface area contributed by atoms with Gasteiger partial charge in [0.25, 0.3) is 0 Å². The molecule has 1 aromatic rings. The number of likely N-dealkylation sites (N-methyl/N-ethyl adjacent to an activating group) is 1. The van der Waals surface area contributed by atoms with Gasteiger partial charge >= 0.3 is 5.97 Å². The van der Waals surface area contributed by atoms with Crippen LogP contribution in [-0.4, -0.2) is 48.1 Å². The second-order valence-corrected chi connectivity index (χ2v) is 4.45. The molecule has 0 radical (unpaired) electrons. The summed E-state index contributed by atoms with van der Waals surface area (Å²) in [6.45, 7) is 1.46. The number of ether oxygens (including phenoxy) is 1. The van der Waals surface area contributed by atoms with E-state index >= 15 is 0 Å². The lowest BCUT2D eigenvalue weighted by molar-refractivity contribution is -0.135. The predicted molar refractivity (Wildman–Crippen MR) is 65.7 cm³/mol. The number of carboxylic acids is 1. The monoisotopic (exact) mass is 251 g/mol. The first-order valence-corrected chi connectivity index (χ1v) is 6.01. The molecular weight excluding hydrogens is 234 g/mol. The maximum absolute atomic E-state index is 10.6. The van der Waals surface area contributed by atoms with Crippen LogP contribution in [0.15, 0.2) is 12.1 Å². The molecule has 0 amide bonds. The van der Waals surface area contributed by atoms with Crippen LogP contribution >= 0.6 is 0 Å². The molecule has 0 atom stereocenters. The first-order valence-electron chi connectivity index (χ1n) is 6.01. The second-order valence-electron chi connectivity index (χ2n) is 4.45. The van der Waals surface area contributed by atoms with E-state index in [0.717, 1.165) is 31.7 Å². The van der Waals surface area contributed by atoms with Crippen LogP contribution in [0.4, 0.5) is 5.82 Å². The molecule has 2 rings (SSSR count). The molecule has 0 unspecified atom stereocenters.